The molecule has 19 heavy (non-hydrogen) atoms. The number of aromatic nitrogens is 1. The van der Waals surface area contributed by atoms with Gasteiger partial charge in [-0.3, -0.25) is 4.79 Å². The second-order valence-corrected chi connectivity index (χ2v) is 5.17. The van der Waals surface area contributed by atoms with Crippen LogP contribution in [0.15, 0.2) is 11.5 Å². The highest BCUT2D eigenvalue weighted by Crippen LogP contribution is 2.10. The third-order valence-corrected chi connectivity index (χ3v) is 3.48. The summed E-state index contributed by atoms with van der Waals surface area (Å²) in [5, 5.41) is 11.7. The van der Waals surface area contributed by atoms with Gasteiger partial charge in [-0.25, -0.2) is 9.78 Å². The summed E-state index contributed by atoms with van der Waals surface area (Å²) >= 11 is 1.51. The molecule has 1 saturated heterocycles. The van der Waals surface area contributed by atoms with Gasteiger partial charge in [-0.15, -0.1) is 11.3 Å². The molecule has 2 heterocycles. The minimum Gasteiger partial charge on any atom is -0.479 e. The average Bonchev–Trinajstić information content (AvgIpc) is 2.82. The first-order chi connectivity index (χ1) is 9.06. The summed E-state index contributed by atoms with van der Waals surface area (Å²) in [5.41, 5.74) is 0.735. The molecule has 0 aliphatic carbocycles. The van der Waals surface area contributed by atoms with Crippen LogP contribution < -0.4 is 0 Å². The fourth-order valence-corrected chi connectivity index (χ4v) is 2.30. The summed E-state index contributed by atoms with van der Waals surface area (Å²) in [4.78, 5) is 28.4. The van der Waals surface area contributed by atoms with Crippen molar-refractivity contribution in [1.29, 1.82) is 0 Å². The maximum absolute atomic E-state index is 11.9. The summed E-state index contributed by atoms with van der Waals surface area (Å²) < 4.78 is 5.06. The first-order valence-electron chi connectivity index (χ1n) is 5.80. The first kappa shape index (κ1) is 13.7. The number of ether oxygens (including phenoxy) is 1. The largest absolute Gasteiger partial charge is 0.479 e. The van der Waals surface area contributed by atoms with Gasteiger partial charge in [0.1, 0.15) is 0 Å². The molecule has 0 bridgehead atoms. The van der Waals surface area contributed by atoms with Crippen LogP contribution in [0.25, 0.3) is 6.08 Å². The number of hydrogen-bond donors (Lipinski definition) is 1. The number of carbonyl (C=O) groups excluding carboxylic acids is 1. The molecule has 2 rings (SSSR count). The molecular formula is C12H14N2O4S. The van der Waals surface area contributed by atoms with E-state index in [2.05, 4.69) is 4.98 Å². The van der Waals surface area contributed by atoms with Gasteiger partial charge >= 0.3 is 5.97 Å². The lowest BCUT2D eigenvalue weighted by Gasteiger charge is -2.30. The SMILES string of the molecule is Cc1nc(/C=C/C(=O)N2CCO[C@@H](C(=O)O)C2)cs1. The average molecular weight is 282 g/mol. The Morgan fingerprint density at radius 3 is 3.05 bits per heavy atom. The van der Waals surface area contributed by atoms with E-state index in [0.29, 0.717) is 6.54 Å². The van der Waals surface area contributed by atoms with Gasteiger partial charge in [-0.05, 0) is 13.0 Å². The molecule has 1 aliphatic rings. The number of thiazole rings is 1. The van der Waals surface area contributed by atoms with E-state index in [1.807, 2.05) is 12.3 Å². The predicted molar refractivity (Wildman–Crippen MR) is 69.8 cm³/mol. The third kappa shape index (κ3) is 3.62. The van der Waals surface area contributed by atoms with Crippen LogP contribution in [0.2, 0.25) is 0 Å². The number of carbonyl (C=O) groups is 2. The molecule has 1 fully saturated rings. The van der Waals surface area contributed by atoms with Gasteiger partial charge in [0, 0.05) is 18.0 Å². The number of carboxylic acid groups (broad SMARTS) is 1. The molecule has 1 aliphatic heterocycles. The van der Waals surface area contributed by atoms with Gasteiger partial charge in [0.05, 0.1) is 23.9 Å². The van der Waals surface area contributed by atoms with Crippen LogP contribution in [-0.2, 0) is 14.3 Å². The Labute approximate surface area is 114 Å². The topological polar surface area (TPSA) is 79.7 Å². The van der Waals surface area contributed by atoms with Gasteiger partial charge in [0.25, 0.3) is 0 Å². The number of morpholine rings is 1. The van der Waals surface area contributed by atoms with Crippen LogP contribution in [0, 0.1) is 6.92 Å². The van der Waals surface area contributed by atoms with Crippen molar-refractivity contribution in [2.24, 2.45) is 0 Å². The van der Waals surface area contributed by atoms with E-state index >= 15 is 0 Å². The summed E-state index contributed by atoms with van der Waals surface area (Å²) in [7, 11) is 0. The van der Waals surface area contributed by atoms with Gasteiger partial charge in [-0.1, -0.05) is 0 Å². The summed E-state index contributed by atoms with van der Waals surface area (Å²) in [6.45, 7) is 2.62. The minimum absolute atomic E-state index is 0.0780. The smallest absolute Gasteiger partial charge is 0.334 e. The third-order valence-electron chi connectivity index (χ3n) is 2.69. The number of aryl methyl sites for hydroxylation is 1. The van der Waals surface area contributed by atoms with E-state index in [4.69, 9.17) is 9.84 Å². The van der Waals surface area contributed by atoms with Gasteiger partial charge < -0.3 is 14.7 Å². The van der Waals surface area contributed by atoms with Crippen molar-refractivity contribution in [3.63, 3.8) is 0 Å². The zero-order chi connectivity index (χ0) is 13.8. The number of aliphatic carboxylic acids is 1. The minimum atomic E-state index is -1.04. The molecule has 0 aromatic carbocycles. The first-order valence-corrected chi connectivity index (χ1v) is 6.68. The molecule has 1 N–H and O–H groups in total. The van der Waals surface area contributed by atoms with Crippen molar-refractivity contribution in [2.45, 2.75) is 13.0 Å². The standard InChI is InChI=1S/C12H14N2O4S/c1-8-13-9(7-19-8)2-3-11(15)14-4-5-18-10(6-14)12(16)17/h2-3,7,10H,4-6H2,1H3,(H,16,17)/b3-2+/t10-/m1/s1. The zero-order valence-corrected chi connectivity index (χ0v) is 11.2. The predicted octanol–water partition coefficient (Wildman–Crippen LogP) is 0.777. The van der Waals surface area contributed by atoms with Gasteiger partial charge in [0.2, 0.25) is 5.91 Å². The fraction of sp³-hybridized carbons (Fsp3) is 0.417. The molecule has 0 spiro atoms. The lowest BCUT2D eigenvalue weighted by Crippen LogP contribution is -2.48. The van der Waals surface area contributed by atoms with Crippen LogP contribution in [0.1, 0.15) is 10.7 Å². The van der Waals surface area contributed by atoms with Crippen LogP contribution in [0.4, 0.5) is 0 Å². The van der Waals surface area contributed by atoms with E-state index in [0.717, 1.165) is 10.7 Å². The maximum atomic E-state index is 11.9. The summed E-state index contributed by atoms with van der Waals surface area (Å²) in [6.07, 6.45) is 2.11. The van der Waals surface area contributed by atoms with Crippen LogP contribution >= 0.6 is 11.3 Å². The van der Waals surface area contributed by atoms with E-state index in [-0.39, 0.29) is 19.1 Å². The molecular weight excluding hydrogens is 268 g/mol. The number of nitrogens with zero attached hydrogens (tertiary/aromatic N) is 2. The Balaban J connectivity index is 1.96. The Bertz CT molecular complexity index is 512. The van der Waals surface area contributed by atoms with Crippen LogP contribution in [-0.4, -0.2) is 52.7 Å². The Hall–Kier alpha value is -1.73. The van der Waals surface area contributed by atoms with E-state index in [9.17, 15) is 9.59 Å². The van der Waals surface area contributed by atoms with E-state index in [1.165, 1.54) is 22.3 Å². The van der Waals surface area contributed by atoms with Gasteiger partial charge in [-0.2, -0.15) is 0 Å². The molecule has 1 amide bonds. The lowest BCUT2D eigenvalue weighted by molar-refractivity contribution is -0.158. The van der Waals surface area contributed by atoms with Crippen LogP contribution in [0.3, 0.4) is 0 Å². The molecule has 0 radical (unpaired) electrons. The highest BCUT2D eigenvalue weighted by atomic mass is 32.1. The maximum Gasteiger partial charge on any atom is 0.334 e. The van der Waals surface area contributed by atoms with E-state index < -0.39 is 12.1 Å². The van der Waals surface area contributed by atoms with Crippen molar-refractivity contribution < 1.29 is 19.4 Å². The van der Waals surface area contributed by atoms with Gasteiger partial charge in [0.15, 0.2) is 6.10 Å². The fourth-order valence-electron chi connectivity index (χ4n) is 1.72. The second kappa shape index (κ2) is 5.94. The molecule has 6 nitrogen and oxygen atoms in total. The highest BCUT2D eigenvalue weighted by Gasteiger charge is 2.27. The zero-order valence-electron chi connectivity index (χ0n) is 10.4. The highest BCUT2D eigenvalue weighted by molar-refractivity contribution is 7.09. The molecule has 1 aromatic heterocycles. The normalized spacial score (nSPS) is 19.8. The Kier molecular flexibility index (Phi) is 4.28. The molecule has 0 unspecified atom stereocenters. The molecule has 1 aromatic rings. The quantitative estimate of drug-likeness (QED) is 0.829. The number of carboxylic acids is 1. The van der Waals surface area contributed by atoms with Crippen molar-refractivity contribution >= 4 is 29.3 Å². The number of hydrogen-bond acceptors (Lipinski definition) is 5. The molecule has 0 saturated carbocycles. The Morgan fingerprint density at radius 1 is 1.63 bits per heavy atom. The molecule has 1 atom stereocenters. The second-order valence-electron chi connectivity index (χ2n) is 4.11. The number of rotatable bonds is 3. The molecule has 102 valence electrons. The number of amides is 1. The van der Waals surface area contributed by atoms with Crippen molar-refractivity contribution in [1.82, 2.24) is 9.88 Å². The van der Waals surface area contributed by atoms with Crippen molar-refractivity contribution in [3.8, 4) is 0 Å². The van der Waals surface area contributed by atoms with Crippen molar-refractivity contribution in [2.75, 3.05) is 19.7 Å². The summed E-state index contributed by atoms with van der Waals surface area (Å²) in [6, 6.07) is 0. The Morgan fingerprint density at radius 2 is 2.42 bits per heavy atom. The molecule has 7 heteroatoms. The van der Waals surface area contributed by atoms with E-state index in [1.54, 1.807) is 6.08 Å². The van der Waals surface area contributed by atoms with Crippen molar-refractivity contribution in [3.05, 3.63) is 22.2 Å². The van der Waals surface area contributed by atoms with Crippen LogP contribution in [0.5, 0.6) is 0 Å². The summed E-state index contributed by atoms with van der Waals surface area (Å²) in [5.74, 6) is -1.27. The monoisotopic (exact) mass is 282 g/mol. The lowest BCUT2D eigenvalue weighted by atomic mass is 10.2.